The zero-order valence-corrected chi connectivity index (χ0v) is 17.3. The zero-order chi connectivity index (χ0) is 20.6. The predicted octanol–water partition coefficient (Wildman–Crippen LogP) is 4.99. The van der Waals surface area contributed by atoms with Crippen LogP contribution < -0.4 is 10.1 Å². The van der Waals surface area contributed by atoms with Gasteiger partial charge in [-0.25, -0.2) is 0 Å². The van der Waals surface area contributed by atoms with Crippen molar-refractivity contribution in [3.63, 3.8) is 0 Å². The predicted molar refractivity (Wildman–Crippen MR) is 116 cm³/mol. The Hall–Kier alpha value is -2.82. The van der Waals surface area contributed by atoms with Gasteiger partial charge in [0, 0.05) is 18.7 Å². The molecular formula is C24H30N2O3. The molecule has 0 aliphatic carbocycles. The van der Waals surface area contributed by atoms with Crippen molar-refractivity contribution in [2.45, 2.75) is 39.5 Å². The molecule has 1 saturated heterocycles. The van der Waals surface area contributed by atoms with Gasteiger partial charge in [-0.1, -0.05) is 32.0 Å². The van der Waals surface area contributed by atoms with Gasteiger partial charge < -0.3 is 15.0 Å². The van der Waals surface area contributed by atoms with Crippen LogP contribution in [0.2, 0.25) is 0 Å². The van der Waals surface area contributed by atoms with Gasteiger partial charge in [0.1, 0.15) is 5.75 Å². The number of amides is 2. The molecule has 0 aromatic heterocycles. The first-order valence-corrected chi connectivity index (χ1v) is 10.5. The van der Waals surface area contributed by atoms with Crippen molar-refractivity contribution >= 4 is 17.5 Å². The maximum Gasteiger partial charge on any atom is 0.255 e. The van der Waals surface area contributed by atoms with Crippen LogP contribution in [-0.4, -0.2) is 36.4 Å². The summed E-state index contributed by atoms with van der Waals surface area (Å²) in [7, 11) is 0. The number of carbonyl (C=O) groups excluding carboxylic acids is 2. The molecule has 0 unspecified atom stereocenters. The average Bonchev–Trinajstić information content (AvgIpc) is 2.74. The molecule has 2 aromatic carbocycles. The Labute approximate surface area is 173 Å². The highest BCUT2D eigenvalue weighted by Gasteiger charge is 2.21. The lowest BCUT2D eigenvalue weighted by Gasteiger charge is -2.27. The minimum atomic E-state index is -0.252. The summed E-state index contributed by atoms with van der Waals surface area (Å²) in [4.78, 5) is 27.6. The third kappa shape index (κ3) is 5.83. The second kappa shape index (κ2) is 10.1. The highest BCUT2D eigenvalue weighted by atomic mass is 16.5. The fourth-order valence-corrected chi connectivity index (χ4v) is 3.38. The normalized spacial score (nSPS) is 14.0. The molecule has 3 rings (SSSR count). The fraction of sp³-hybridized carbons (Fsp3) is 0.417. The molecule has 2 aromatic rings. The standard InChI is InChI=1S/C24H30N2O3/c1-18(2)13-16-29-20-10-8-9-19(17-20)23(27)25-22-12-5-4-11-21(22)24(28)26-14-6-3-7-15-26/h4-5,8-12,17-18H,3,6-7,13-16H2,1-2H3,(H,25,27). The molecule has 0 spiro atoms. The van der Waals surface area contributed by atoms with Crippen LogP contribution >= 0.6 is 0 Å². The van der Waals surface area contributed by atoms with Gasteiger partial charge in [0.15, 0.2) is 0 Å². The number of nitrogens with one attached hydrogen (secondary N) is 1. The summed E-state index contributed by atoms with van der Waals surface area (Å²) >= 11 is 0. The van der Waals surface area contributed by atoms with Gasteiger partial charge in [-0.2, -0.15) is 0 Å². The molecule has 154 valence electrons. The van der Waals surface area contributed by atoms with Gasteiger partial charge in [-0.3, -0.25) is 9.59 Å². The largest absolute Gasteiger partial charge is 0.494 e. The van der Waals surface area contributed by atoms with E-state index >= 15 is 0 Å². The second-order valence-electron chi connectivity index (χ2n) is 7.91. The SMILES string of the molecule is CC(C)CCOc1cccc(C(=O)Nc2ccccc2C(=O)N2CCCCC2)c1. The van der Waals surface area contributed by atoms with Crippen LogP contribution in [0.3, 0.4) is 0 Å². The molecular weight excluding hydrogens is 364 g/mol. The Balaban J connectivity index is 1.70. The molecule has 0 radical (unpaired) electrons. The van der Waals surface area contributed by atoms with Crippen LogP contribution in [0.15, 0.2) is 48.5 Å². The molecule has 2 amide bonds. The molecule has 29 heavy (non-hydrogen) atoms. The summed E-state index contributed by atoms with van der Waals surface area (Å²) < 4.78 is 5.76. The lowest BCUT2D eigenvalue weighted by Crippen LogP contribution is -2.36. The summed E-state index contributed by atoms with van der Waals surface area (Å²) in [5.74, 6) is 0.968. The number of carbonyl (C=O) groups is 2. The second-order valence-corrected chi connectivity index (χ2v) is 7.91. The van der Waals surface area contributed by atoms with Crippen molar-refractivity contribution in [3.8, 4) is 5.75 Å². The van der Waals surface area contributed by atoms with Crippen LogP contribution in [0.25, 0.3) is 0 Å². The first kappa shape index (κ1) is 20.9. The number of benzene rings is 2. The number of anilines is 1. The molecule has 1 N–H and O–H groups in total. The number of para-hydroxylation sites is 1. The molecule has 0 atom stereocenters. The van der Waals surface area contributed by atoms with Crippen molar-refractivity contribution < 1.29 is 14.3 Å². The van der Waals surface area contributed by atoms with Crippen LogP contribution in [-0.2, 0) is 0 Å². The third-order valence-electron chi connectivity index (χ3n) is 5.11. The van der Waals surface area contributed by atoms with Crippen molar-refractivity contribution in [1.29, 1.82) is 0 Å². The van der Waals surface area contributed by atoms with Crippen molar-refractivity contribution in [2.75, 3.05) is 25.0 Å². The average molecular weight is 395 g/mol. The number of hydrogen-bond donors (Lipinski definition) is 1. The van der Waals surface area contributed by atoms with E-state index in [2.05, 4.69) is 19.2 Å². The first-order valence-electron chi connectivity index (χ1n) is 10.5. The summed E-state index contributed by atoms with van der Waals surface area (Å²) in [5.41, 5.74) is 1.58. The lowest BCUT2D eigenvalue weighted by atomic mass is 10.1. The summed E-state index contributed by atoms with van der Waals surface area (Å²) in [6.07, 6.45) is 4.19. The number of piperidine rings is 1. The highest BCUT2D eigenvalue weighted by Crippen LogP contribution is 2.22. The third-order valence-corrected chi connectivity index (χ3v) is 5.11. The maximum atomic E-state index is 12.9. The van der Waals surface area contributed by atoms with Gasteiger partial charge in [-0.15, -0.1) is 0 Å². The number of nitrogens with zero attached hydrogens (tertiary/aromatic N) is 1. The topological polar surface area (TPSA) is 58.6 Å². The minimum Gasteiger partial charge on any atom is -0.494 e. The van der Waals surface area contributed by atoms with Gasteiger partial charge in [0.25, 0.3) is 11.8 Å². The molecule has 1 heterocycles. The Kier molecular flexibility index (Phi) is 7.28. The Morgan fingerprint density at radius 3 is 2.55 bits per heavy atom. The molecule has 1 aliphatic heterocycles. The van der Waals surface area contributed by atoms with Crippen LogP contribution in [0, 0.1) is 5.92 Å². The summed E-state index contributed by atoms with van der Waals surface area (Å²) in [6, 6.07) is 14.4. The van der Waals surface area contributed by atoms with E-state index in [4.69, 9.17) is 4.74 Å². The van der Waals surface area contributed by atoms with E-state index in [-0.39, 0.29) is 11.8 Å². The maximum absolute atomic E-state index is 12.9. The van der Waals surface area contributed by atoms with E-state index in [9.17, 15) is 9.59 Å². The summed E-state index contributed by atoms with van der Waals surface area (Å²) in [5, 5.41) is 2.91. The quantitative estimate of drug-likeness (QED) is 0.720. The van der Waals surface area contributed by atoms with Gasteiger partial charge in [0.2, 0.25) is 0 Å². The van der Waals surface area contributed by atoms with Gasteiger partial charge in [-0.05, 0) is 61.9 Å². The van der Waals surface area contributed by atoms with E-state index in [0.29, 0.717) is 35.1 Å². The molecule has 0 saturated carbocycles. The van der Waals surface area contributed by atoms with E-state index in [0.717, 1.165) is 38.8 Å². The zero-order valence-electron chi connectivity index (χ0n) is 17.3. The fourth-order valence-electron chi connectivity index (χ4n) is 3.38. The molecule has 1 aliphatic rings. The number of likely N-dealkylation sites (tertiary alicyclic amines) is 1. The molecule has 5 nitrogen and oxygen atoms in total. The van der Waals surface area contributed by atoms with E-state index in [1.54, 1.807) is 24.3 Å². The minimum absolute atomic E-state index is 0.0219. The van der Waals surface area contributed by atoms with E-state index in [1.807, 2.05) is 29.2 Å². The highest BCUT2D eigenvalue weighted by molar-refractivity contribution is 6.09. The van der Waals surface area contributed by atoms with E-state index < -0.39 is 0 Å². The number of hydrogen-bond acceptors (Lipinski definition) is 3. The Bertz CT molecular complexity index is 842. The lowest BCUT2D eigenvalue weighted by molar-refractivity contribution is 0.0725. The van der Waals surface area contributed by atoms with Gasteiger partial charge in [0.05, 0.1) is 17.9 Å². The molecule has 5 heteroatoms. The van der Waals surface area contributed by atoms with E-state index in [1.165, 1.54) is 0 Å². The summed E-state index contributed by atoms with van der Waals surface area (Å²) in [6.45, 7) is 6.47. The van der Waals surface area contributed by atoms with Crippen LogP contribution in [0.4, 0.5) is 5.69 Å². The number of rotatable bonds is 7. The van der Waals surface area contributed by atoms with Gasteiger partial charge >= 0.3 is 0 Å². The van der Waals surface area contributed by atoms with Crippen LogP contribution in [0.1, 0.15) is 60.2 Å². The van der Waals surface area contributed by atoms with Crippen molar-refractivity contribution in [1.82, 2.24) is 4.90 Å². The number of ether oxygens (including phenoxy) is 1. The monoisotopic (exact) mass is 394 g/mol. The Morgan fingerprint density at radius 1 is 1.03 bits per heavy atom. The van der Waals surface area contributed by atoms with Crippen molar-refractivity contribution in [2.24, 2.45) is 5.92 Å². The van der Waals surface area contributed by atoms with Crippen LogP contribution in [0.5, 0.6) is 5.75 Å². The van der Waals surface area contributed by atoms with Crippen molar-refractivity contribution in [3.05, 3.63) is 59.7 Å². The Morgan fingerprint density at radius 2 is 1.79 bits per heavy atom. The smallest absolute Gasteiger partial charge is 0.255 e. The molecule has 1 fully saturated rings. The first-order chi connectivity index (χ1) is 14.0. The molecule has 0 bridgehead atoms.